The molecule has 1 atom stereocenters. The quantitative estimate of drug-likeness (QED) is 0.584. The third-order valence-corrected chi connectivity index (χ3v) is 5.47. The van der Waals surface area contributed by atoms with Crippen LogP contribution in [0.4, 0.5) is 11.5 Å². The molecule has 2 heterocycles. The zero-order valence-corrected chi connectivity index (χ0v) is 19.3. The normalized spacial score (nSPS) is 15.9. The number of aromatic nitrogens is 2. The minimum Gasteiger partial charge on any atom is -0.490 e. The fourth-order valence-electron chi connectivity index (χ4n) is 3.40. The first-order valence-corrected chi connectivity index (χ1v) is 12.5. The maximum absolute atomic E-state index is 12.2. The molecule has 4 rings (SSSR count). The van der Waals surface area contributed by atoms with Gasteiger partial charge in [0.1, 0.15) is 30.8 Å². The van der Waals surface area contributed by atoms with Crippen molar-refractivity contribution in [3.63, 3.8) is 0 Å². The Hall–Kier alpha value is -3.33. The predicted octanol–water partition coefficient (Wildman–Crippen LogP) is 4.30. The molecule has 1 aliphatic heterocycles. The highest BCUT2D eigenvalue weighted by Crippen LogP contribution is 2.36. The van der Waals surface area contributed by atoms with Crippen LogP contribution in [0.25, 0.3) is 11.3 Å². The van der Waals surface area contributed by atoms with Gasteiger partial charge in [0.05, 0.1) is 17.6 Å². The van der Waals surface area contributed by atoms with Crippen LogP contribution >= 0.6 is 0 Å². The van der Waals surface area contributed by atoms with E-state index in [0.717, 1.165) is 11.1 Å². The maximum atomic E-state index is 12.2. The lowest BCUT2D eigenvalue weighted by Gasteiger charge is -2.19. The van der Waals surface area contributed by atoms with Gasteiger partial charge in [-0.3, -0.25) is 0 Å². The summed E-state index contributed by atoms with van der Waals surface area (Å²) in [5.41, 5.74) is 9.76. The van der Waals surface area contributed by atoms with Crippen molar-refractivity contribution in [2.45, 2.75) is 20.0 Å². The molecule has 0 radical (unpaired) electrons. The second-order valence-electron chi connectivity index (χ2n) is 7.90. The van der Waals surface area contributed by atoms with E-state index < -0.39 is 9.73 Å². The Kier molecular flexibility index (Phi) is 5.92. The van der Waals surface area contributed by atoms with Gasteiger partial charge in [-0.1, -0.05) is 11.6 Å². The van der Waals surface area contributed by atoms with Crippen LogP contribution in [0.3, 0.4) is 0 Å². The van der Waals surface area contributed by atoms with Crippen molar-refractivity contribution in [2.75, 3.05) is 31.5 Å². The van der Waals surface area contributed by atoms with Crippen LogP contribution in [0.1, 0.15) is 24.2 Å². The van der Waals surface area contributed by atoms with Gasteiger partial charge < -0.3 is 19.9 Å². The molecule has 2 bridgehead atoms. The molecule has 9 heteroatoms. The van der Waals surface area contributed by atoms with E-state index in [4.69, 9.17) is 19.9 Å². The van der Waals surface area contributed by atoms with Gasteiger partial charge >= 0.3 is 0 Å². The van der Waals surface area contributed by atoms with Gasteiger partial charge in [-0.25, -0.2) is 14.2 Å². The molecule has 0 fully saturated rings. The van der Waals surface area contributed by atoms with Gasteiger partial charge in [-0.2, -0.15) is 4.36 Å². The average molecular weight is 455 g/mol. The summed E-state index contributed by atoms with van der Waals surface area (Å²) in [6.45, 7) is 4.59. The summed E-state index contributed by atoms with van der Waals surface area (Å²) in [4.78, 5) is 8.90. The number of benzene rings is 2. The number of ether oxygens (including phenoxy) is 3. The molecule has 3 aromatic rings. The standard InChI is InChI=1S/C23H26N4O4S/c1-14-5-7-20-17(11-14)15(2)31-23-22(24)25-13-19(26-23)18-12-16(27-32(3,4)28)6-8-21(18)30-10-9-29-20/h5-8,11-13,15H,9-10H2,1-4H3,(H2,24,25)/t15-/m1/s1. The van der Waals surface area contributed by atoms with Gasteiger partial charge in [0.2, 0.25) is 0 Å². The van der Waals surface area contributed by atoms with Crippen molar-refractivity contribution in [1.29, 1.82) is 0 Å². The highest BCUT2D eigenvalue weighted by Gasteiger charge is 2.19. The monoisotopic (exact) mass is 454 g/mol. The third kappa shape index (κ3) is 4.94. The van der Waals surface area contributed by atoms with Gasteiger partial charge in [0.25, 0.3) is 5.88 Å². The Bertz CT molecular complexity index is 1280. The summed E-state index contributed by atoms with van der Waals surface area (Å²) < 4.78 is 34.6. The van der Waals surface area contributed by atoms with Crippen LogP contribution in [0.5, 0.6) is 17.4 Å². The molecule has 1 aromatic heterocycles. The molecule has 32 heavy (non-hydrogen) atoms. The molecular formula is C23H26N4O4S. The van der Waals surface area contributed by atoms with Crippen LogP contribution in [0.15, 0.2) is 47.0 Å². The second-order valence-corrected chi connectivity index (χ2v) is 10.4. The zero-order valence-electron chi connectivity index (χ0n) is 18.5. The lowest BCUT2D eigenvalue weighted by Crippen LogP contribution is -2.12. The van der Waals surface area contributed by atoms with E-state index in [9.17, 15) is 4.21 Å². The topological polar surface area (TPSA) is 109 Å². The van der Waals surface area contributed by atoms with Gasteiger partial charge in [0, 0.05) is 33.4 Å². The molecule has 2 aromatic carbocycles. The number of anilines is 1. The maximum Gasteiger partial charge on any atom is 0.258 e. The van der Waals surface area contributed by atoms with Crippen molar-refractivity contribution in [2.24, 2.45) is 4.36 Å². The Morgan fingerprint density at radius 2 is 1.81 bits per heavy atom. The van der Waals surface area contributed by atoms with E-state index in [-0.39, 0.29) is 17.8 Å². The summed E-state index contributed by atoms with van der Waals surface area (Å²) in [6.07, 6.45) is 4.35. The third-order valence-electron chi connectivity index (χ3n) is 4.82. The molecule has 0 spiro atoms. The predicted molar refractivity (Wildman–Crippen MR) is 125 cm³/mol. The molecule has 0 saturated carbocycles. The molecular weight excluding hydrogens is 428 g/mol. The summed E-state index contributed by atoms with van der Waals surface area (Å²) in [5, 5.41) is 0. The number of nitrogens with two attached hydrogens (primary N) is 1. The van der Waals surface area contributed by atoms with Crippen LogP contribution < -0.4 is 19.9 Å². The lowest BCUT2D eigenvalue weighted by molar-refractivity contribution is 0.195. The summed E-state index contributed by atoms with van der Waals surface area (Å²) in [6, 6.07) is 11.2. The van der Waals surface area contributed by atoms with E-state index in [1.54, 1.807) is 36.9 Å². The second kappa shape index (κ2) is 8.66. The molecule has 0 aliphatic carbocycles. The number of hydrogen-bond acceptors (Lipinski definition) is 8. The van der Waals surface area contributed by atoms with Crippen LogP contribution in [0.2, 0.25) is 0 Å². The van der Waals surface area contributed by atoms with E-state index in [1.807, 2.05) is 32.0 Å². The fourth-order valence-corrected chi connectivity index (χ4v) is 4.03. The van der Waals surface area contributed by atoms with Gasteiger partial charge in [-0.15, -0.1) is 0 Å². The molecule has 1 aliphatic rings. The number of fused-ring (bicyclic) bond motifs is 5. The first kappa shape index (κ1) is 21.9. The Balaban J connectivity index is 1.84. The Morgan fingerprint density at radius 1 is 1.09 bits per heavy atom. The van der Waals surface area contributed by atoms with E-state index in [2.05, 4.69) is 14.3 Å². The molecule has 0 amide bonds. The van der Waals surface area contributed by atoms with Crippen LogP contribution in [0, 0.1) is 6.92 Å². The zero-order chi connectivity index (χ0) is 22.9. The van der Waals surface area contributed by atoms with E-state index in [1.165, 1.54) is 0 Å². The highest BCUT2D eigenvalue weighted by atomic mass is 32.2. The smallest absolute Gasteiger partial charge is 0.258 e. The molecule has 0 unspecified atom stereocenters. The highest BCUT2D eigenvalue weighted by molar-refractivity contribution is 7.92. The number of nitrogens with zero attached hydrogens (tertiary/aromatic N) is 3. The van der Waals surface area contributed by atoms with Crippen molar-refractivity contribution < 1.29 is 18.4 Å². The summed E-state index contributed by atoms with van der Waals surface area (Å²) in [5.74, 6) is 1.68. The number of aryl methyl sites for hydroxylation is 1. The van der Waals surface area contributed by atoms with Crippen molar-refractivity contribution in [3.05, 3.63) is 53.7 Å². The molecule has 8 nitrogen and oxygen atoms in total. The minimum absolute atomic E-state index is 0.180. The van der Waals surface area contributed by atoms with Crippen molar-refractivity contribution in [1.82, 2.24) is 9.97 Å². The molecule has 2 N–H and O–H groups in total. The summed E-state index contributed by atoms with van der Waals surface area (Å²) in [7, 11) is -2.33. The van der Waals surface area contributed by atoms with Gasteiger partial charge in [0.15, 0.2) is 5.82 Å². The van der Waals surface area contributed by atoms with Gasteiger partial charge in [-0.05, 0) is 44.2 Å². The minimum atomic E-state index is -2.33. The number of nitrogen functional groups attached to an aromatic ring is 1. The van der Waals surface area contributed by atoms with Crippen molar-refractivity contribution >= 4 is 21.2 Å². The Labute approximate surface area is 187 Å². The van der Waals surface area contributed by atoms with E-state index in [0.29, 0.717) is 41.7 Å². The first-order chi connectivity index (χ1) is 15.2. The number of rotatable bonds is 1. The van der Waals surface area contributed by atoms with E-state index >= 15 is 0 Å². The lowest BCUT2D eigenvalue weighted by atomic mass is 10.1. The van der Waals surface area contributed by atoms with Crippen LogP contribution in [-0.2, 0) is 9.73 Å². The molecule has 168 valence electrons. The Morgan fingerprint density at radius 3 is 2.56 bits per heavy atom. The SMILES string of the molecule is Cc1ccc2c(c1)[C@@H](C)Oc1nc(cnc1N)-c1cc(N=S(C)(C)=O)ccc1OCCO2. The van der Waals surface area contributed by atoms with Crippen LogP contribution in [-0.4, -0.2) is 39.9 Å². The largest absolute Gasteiger partial charge is 0.490 e. The number of hydrogen-bond donors (Lipinski definition) is 1. The molecule has 0 saturated heterocycles. The fraction of sp³-hybridized carbons (Fsp3) is 0.304. The average Bonchev–Trinajstić information content (AvgIpc) is 2.73. The van der Waals surface area contributed by atoms with Crippen molar-refractivity contribution in [3.8, 4) is 28.6 Å². The first-order valence-electron chi connectivity index (χ1n) is 10.2. The summed E-state index contributed by atoms with van der Waals surface area (Å²) >= 11 is 0.